The molecule has 1 aromatic carbocycles. The van der Waals surface area contributed by atoms with Crippen LogP contribution in [0, 0.1) is 0 Å². The monoisotopic (exact) mass is 337 g/mol. The number of aromatic nitrogens is 3. The van der Waals surface area contributed by atoms with Gasteiger partial charge in [-0.2, -0.15) is 4.98 Å². The van der Waals surface area contributed by atoms with E-state index in [1.807, 2.05) is 24.3 Å². The Morgan fingerprint density at radius 1 is 1.21 bits per heavy atom. The molecular formula is C13H9BrClN3O. The van der Waals surface area contributed by atoms with Crippen LogP contribution in [-0.2, 0) is 0 Å². The molecule has 3 rings (SSSR count). The molecule has 0 aliphatic carbocycles. The summed E-state index contributed by atoms with van der Waals surface area (Å²) in [5.41, 5.74) is 2.27. The lowest BCUT2D eigenvalue weighted by Crippen LogP contribution is -1.86. The summed E-state index contributed by atoms with van der Waals surface area (Å²) >= 11 is 9.66. The average molecular weight is 339 g/mol. The molecule has 0 fully saturated rings. The number of rotatable bonds is 2. The summed E-state index contributed by atoms with van der Waals surface area (Å²) in [7, 11) is 1.58. The summed E-state index contributed by atoms with van der Waals surface area (Å²) in [5.74, 6) is 1.22. The molecule has 0 radical (unpaired) electrons. The van der Waals surface area contributed by atoms with Crippen LogP contribution in [0.15, 0.2) is 34.8 Å². The predicted molar refractivity (Wildman–Crippen MR) is 78.6 cm³/mol. The number of benzene rings is 1. The minimum absolute atomic E-state index is 0.533. The van der Waals surface area contributed by atoms with Crippen molar-refractivity contribution in [3.8, 4) is 17.3 Å². The van der Waals surface area contributed by atoms with E-state index in [1.165, 1.54) is 0 Å². The van der Waals surface area contributed by atoms with E-state index in [9.17, 15) is 0 Å². The first-order valence-electron chi connectivity index (χ1n) is 5.54. The van der Waals surface area contributed by atoms with Crippen LogP contribution in [0.25, 0.3) is 22.6 Å². The zero-order valence-electron chi connectivity index (χ0n) is 9.95. The van der Waals surface area contributed by atoms with Crippen LogP contribution >= 0.6 is 27.5 Å². The Morgan fingerprint density at radius 2 is 2.05 bits per heavy atom. The molecule has 0 spiro atoms. The Labute approximate surface area is 122 Å². The number of aromatic amines is 1. The molecule has 19 heavy (non-hydrogen) atoms. The average Bonchev–Trinajstić information content (AvgIpc) is 2.84. The molecule has 0 aliphatic heterocycles. The standard InChI is InChI=1S/C13H9BrClN3O/c1-19-10-6-5-9-13(17-10)18-12(16-9)7-3-2-4-8(14)11(7)15/h2-6H,1H3,(H,16,17,18). The van der Waals surface area contributed by atoms with Gasteiger partial charge in [0.2, 0.25) is 5.88 Å². The topological polar surface area (TPSA) is 50.8 Å². The zero-order valence-corrected chi connectivity index (χ0v) is 12.3. The van der Waals surface area contributed by atoms with Gasteiger partial charge in [-0.25, -0.2) is 4.98 Å². The molecular weight excluding hydrogens is 330 g/mol. The largest absolute Gasteiger partial charge is 0.481 e. The number of imidazole rings is 1. The van der Waals surface area contributed by atoms with Crippen molar-refractivity contribution in [3.63, 3.8) is 0 Å². The highest BCUT2D eigenvalue weighted by Crippen LogP contribution is 2.33. The second-order valence-corrected chi connectivity index (χ2v) is 5.14. The molecule has 0 bridgehead atoms. The van der Waals surface area contributed by atoms with Crippen LogP contribution in [0.5, 0.6) is 5.88 Å². The number of fused-ring (bicyclic) bond motifs is 1. The van der Waals surface area contributed by atoms with Crippen molar-refractivity contribution in [2.45, 2.75) is 0 Å². The van der Waals surface area contributed by atoms with Gasteiger partial charge in [-0.1, -0.05) is 17.7 Å². The Hall–Kier alpha value is -1.59. The second-order valence-electron chi connectivity index (χ2n) is 3.91. The van der Waals surface area contributed by atoms with Gasteiger partial charge in [0.25, 0.3) is 0 Å². The molecule has 0 atom stereocenters. The number of nitrogens with one attached hydrogen (secondary N) is 1. The molecule has 2 heterocycles. The number of halogens is 2. The third-order valence-electron chi connectivity index (χ3n) is 2.74. The third kappa shape index (κ3) is 2.19. The van der Waals surface area contributed by atoms with Crippen molar-refractivity contribution >= 4 is 38.7 Å². The second kappa shape index (κ2) is 4.83. The van der Waals surface area contributed by atoms with Gasteiger partial charge in [0.05, 0.1) is 17.6 Å². The van der Waals surface area contributed by atoms with Crippen LogP contribution < -0.4 is 4.74 Å². The minimum Gasteiger partial charge on any atom is -0.481 e. The number of hydrogen-bond donors (Lipinski definition) is 1. The minimum atomic E-state index is 0.533. The van der Waals surface area contributed by atoms with E-state index in [0.717, 1.165) is 15.6 Å². The van der Waals surface area contributed by atoms with Gasteiger partial charge in [-0.15, -0.1) is 0 Å². The highest BCUT2D eigenvalue weighted by atomic mass is 79.9. The fourth-order valence-electron chi connectivity index (χ4n) is 1.80. The molecule has 2 aromatic heterocycles. The van der Waals surface area contributed by atoms with Crippen molar-refractivity contribution in [2.24, 2.45) is 0 Å². The van der Waals surface area contributed by atoms with Gasteiger partial charge in [0, 0.05) is 16.1 Å². The lowest BCUT2D eigenvalue weighted by atomic mass is 10.2. The Balaban J connectivity index is 2.18. The summed E-state index contributed by atoms with van der Waals surface area (Å²) in [4.78, 5) is 11.9. The molecule has 0 aliphatic rings. The van der Waals surface area contributed by atoms with E-state index in [1.54, 1.807) is 13.2 Å². The number of nitrogens with zero attached hydrogens (tertiary/aromatic N) is 2. The fourth-order valence-corrected chi connectivity index (χ4v) is 2.38. The molecule has 6 heteroatoms. The van der Waals surface area contributed by atoms with Gasteiger partial charge < -0.3 is 9.72 Å². The number of methoxy groups -OCH3 is 1. The van der Waals surface area contributed by atoms with Crippen molar-refractivity contribution < 1.29 is 4.74 Å². The van der Waals surface area contributed by atoms with Gasteiger partial charge in [0.1, 0.15) is 5.82 Å². The van der Waals surface area contributed by atoms with Gasteiger partial charge >= 0.3 is 0 Å². The first-order chi connectivity index (χ1) is 9.19. The van der Waals surface area contributed by atoms with Crippen LogP contribution in [0.1, 0.15) is 0 Å². The number of ether oxygens (including phenoxy) is 1. The Bertz CT molecular complexity index is 757. The van der Waals surface area contributed by atoms with Gasteiger partial charge in [0.15, 0.2) is 5.65 Å². The number of hydrogen-bond acceptors (Lipinski definition) is 3. The SMILES string of the molecule is COc1ccc2[nH]c(-c3cccc(Br)c3Cl)nc2n1. The molecule has 3 aromatic rings. The van der Waals surface area contributed by atoms with Crippen molar-refractivity contribution in [1.82, 2.24) is 15.0 Å². The lowest BCUT2D eigenvalue weighted by molar-refractivity contribution is 0.399. The molecule has 1 N–H and O–H groups in total. The zero-order chi connectivity index (χ0) is 13.4. The van der Waals surface area contributed by atoms with Crippen molar-refractivity contribution in [2.75, 3.05) is 7.11 Å². The van der Waals surface area contributed by atoms with Crippen LogP contribution in [0.2, 0.25) is 5.02 Å². The highest BCUT2D eigenvalue weighted by molar-refractivity contribution is 9.10. The molecule has 96 valence electrons. The van der Waals surface area contributed by atoms with Crippen LogP contribution in [0.4, 0.5) is 0 Å². The Kier molecular flexibility index (Phi) is 3.16. The summed E-state index contributed by atoms with van der Waals surface area (Å²) in [6.45, 7) is 0. The van der Waals surface area contributed by atoms with E-state index in [4.69, 9.17) is 16.3 Å². The highest BCUT2D eigenvalue weighted by Gasteiger charge is 2.11. The lowest BCUT2D eigenvalue weighted by Gasteiger charge is -2.01. The maximum absolute atomic E-state index is 6.26. The summed E-state index contributed by atoms with van der Waals surface area (Å²) in [6, 6.07) is 9.36. The third-order valence-corrected chi connectivity index (χ3v) is 4.03. The quantitative estimate of drug-likeness (QED) is 0.767. The first kappa shape index (κ1) is 12.4. The maximum Gasteiger partial charge on any atom is 0.215 e. The van der Waals surface area contributed by atoms with E-state index in [-0.39, 0.29) is 0 Å². The first-order valence-corrected chi connectivity index (χ1v) is 6.71. The van der Waals surface area contributed by atoms with Crippen LogP contribution in [0.3, 0.4) is 0 Å². The Morgan fingerprint density at radius 3 is 2.84 bits per heavy atom. The molecule has 0 saturated heterocycles. The summed E-state index contributed by atoms with van der Waals surface area (Å²) in [6.07, 6.45) is 0. The van der Waals surface area contributed by atoms with Crippen molar-refractivity contribution in [3.05, 3.63) is 39.8 Å². The fraction of sp³-hybridized carbons (Fsp3) is 0.0769. The molecule has 4 nitrogen and oxygen atoms in total. The molecule has 0 saturated carbocycles. The maximum atomic E-state index is 6.26. The normalized spacial score (nSPS) is 10.9. The van der Waals surface area contributed by atoms with Crippen molar-refractivity contribution in [1.29, 1.82) is 0 Å². The summed E-state index contributed by atoms with van der Waals surface area (Å²) < 4.78 is 5.91. The number of pyridine rings is 1. The van der Waals surface area contributed by atoms with E-state index < -0.39 is 0 Å². The molecule has 0 unspecified atom stereocenters. The number of H-pyrrole nitrogens is 1. The van der Waals surface area contributed by atoms with Crippen LogP contribution in [-0.4, -0.2) is 22.1 Å². The smallest absolute Gasteiger partial charge is 0.215 e. The molecule has 0 amide bonds. The van der Waals surface area contributed by atoms with Gasteiger partial charge in [-0.3, -0.25) is 0 Å². The van der Waals surface area contributed by atoms with Gasteiger partial charge in [-0.05, 0) is 34.1 Å². The van der Waals surface area contributed by atoms with E-state index >= 15 is 0 Å². The van der Waals surface area contributed by atoms with E-state index in [0.29, 0.717) is 22.4 Å². The predicted octanol–water partition coefficient (Wildman–Crippen LogP) is 4.05. The van der Waals surface area contributed by atoms with E-state index in [2.05, 4.69) is 30.9 Å². The summed E-state index contributed by atoms with van der Waals surface area (Å²) in [5, 5.41) is 0.619.